The van der Waals surface area contributed by atoms with Gasteiger partial charge in [0.1, 0.15) is 28.8 Å². The van der Waals surface area contributed by atoms with E-state index in [1.54, 1.807) is 4.90 Å². The molecule has 1 spiro atoms. The Kier molecular flexibility index (Phi) is 5.19. The second kappa shape index (κ2) is 7.76. The summed E-state index contributed by atoms with van der Waals surface area (Å²) in [6.45, 7) is 2.89. The fraction of sp³-hybridized carbons (Fsp3) is 0.435. The predicted molar refractivity (Wildman–Crippen MR) is 111 cm³/mol. The molecule has 2 aromatic carbocycles. The van der Waals surface area contributed by atoms with E-state index in [9.17, 15) is 17.8 Å². The number of rotatable bonds is 3. The van der Waals surface area contributed by atoms with Gasteiger partial charge in [0.15, 0.2) is 5.60 Å². The van der Waals surface area contributed by atoms with Gasteiger partial charge in [-0.1, -0.05) is 18.2 Å². The van der Waals surface area contributed by atoms with Gasteiger partial charge in [-0.2, -0.15) is 0 Å². The molecule has 5 rings (SSSR count). The lowest BCUT2D eigenvalue weighted by Crippen LogP contribution is -2.50. The highest BCUT2D eigenvalue weighted by molar-refractivity contribution is 7.82. The van der Waals surface area contributed by atoms with Crippen LogP contribution in [0.5, 0.6) is 0 Å². The number of carbonyl (C=O) groups is 1. The van der Waals surface area contributed by atoms with Crippen molar-refractivity contribution in [2.45, 2.75) is 55.4 Å². The lowest BCUT2D eigenvalue weighted by atomic mass is 9.90. The Morgan fingerprint density at radius 1 is 1.06 bits per heavy atom. The zero-order valence-corrected chi connectivity index (χ0v) is 18.0. The van der Waals surface area contributed by atoms with E-state index in [1.807, 2.05) is 35.5 Å². The normalized spacial score (nSPS) is 26.4. The first-order valence-corrected chi connectivity index (χ1v) is 11.7. The molecule has 0 aromatic heterocycles. The van der Waals surface area contributed by atoms with E-state index < -0.39 is 28.2 Å². The van der Waals surface area contributed by atoms with Crippen LogP contribution in [0, 0.1) is 18.6 Å². The minimum atomic E-state index is -1.29. The molecule has 3 heterocycles. The Balaban J connectivity index is 1.32. The van der Waals surface area contributed by atoms with Crippen LogP contribution >= 0.6 is 0 Å². The smallest absolute Gasteiger partial charge is 0.257 e. The van der Waals surface area contributed by atoms with Crippen molar-refractivity contribution in [2.24, 2.45) is 0 Å². The highest BCUT2D eigenvalue weighted by Gasteiger charge is 2.58. The molecule has 3 aliphatic heterocycles. The number of benzene rings is 2. The largest absolute Gasteiger partial charge is 0.342 e. The quantitative estimate of drug-likeness (QED) is 0.720. The molecule has 3 fully saturated rings. The fourth-order valence-electron chi connectivity index (χ4n) is 5.04. The van der Waals surface area contributed by atoms with E-state index in [2.05, 4.69) is 0 Å². The van der Waals surface area contributed by atoms with Crippen LogP contribution in [0.25, 0.3) is 0 Å². The van der Waals surface area contributed by atoms with Gasteiger partial charge in [-0.25, -0.2) is 17.3 Å². The number of hydrogen-bond acceptors (Lipinski definition) is 3. The summed E-state index contributed by atoms with van der Waals surface area (Å²) >= 11 is 0. The molecule has 164 valence electrons. The van der Waals surface area contributed by atoms with Crippen LogP contribution in [0.1, 0.15) is 42.9 Å². The summed E-state index contributed by atoms with van der Waals surface area (Å²) in [5.74, 6) is -1.41. The number of fused-ring (bicyclic) bond motifs is 1. The Labute approximate surface area is 182 Å². The molecule has 0 aliphatic carbocycles. The van der Waals surface area contributed by atoms with Crippen LogP contribution in [-0.2, 0) is 20.5 Å². The van der Waals surface area contributed by atoms with Crippen LogP contribution in [-0.4, -0.2) is 44.2 Å². The van der Waals surface area contributed by atoms with Gasteiger partial charge in [0.25, 0.3) is 5.91 Å². The lowest BCUT2D eigenvalue weighted by Gasteiger charge is -2.36. The van der Waals surface area contributed by atoms with Gasteiger partial charge < -0.3 is 9.64 Å². The van der Waals surface area contributed by atoms with E-state index in [0.717, 1.165) is 16.5 Å². The minimum Gasteiger partial charge on any atom is -0.342 e. The first-order valence-electron chi connectivity index (χ1n) is 10.6. The first-order chi connectivity index (χ1) is 14.9. The highest BCUT2D eigenvalue weighted by Crippen LogP contribution is 2.48. The van der Waals surface area contributed by atoms with Crippen molar-refractivity contribution >= 4 is 16.9 Å². The molecule has 0 N–H and O–H groups in total. The molecule has 3 atom stereocenters. The third-order valence-corrected chi connectivity index (χ3v) is 8.30. The summed E-state index contributed by atoms with van der Waals surface area (Å²) in [4.78, 5) is 15.9. The van der Waals surface area contributed by atoms with Gasteiger partial charge in [0.2, 0.25) is 0 Å². The third kappa shape index (κ3) is 3.50. The van der Waals surface area contributed by atoms with Gasteiger partial charge in [-0.05, 0) is 61.9 Å². The van der Waals surface area contributed by atoms with Gasteiger partial charge in [-0.3, -0.25) is 4.79 Å². The topological polar surface area (TPSA) is 49.9 Å². The molecule has 0 radical (unpaired) electrons. The molecule has 1 unspecified atom stereocenters. The van der Waals surface area contributed by atoms with Crippen molar-refractivity contribution in [3.63, 3.8) is 0 Å². The molecule has 2 aromatic rings. The number of piperidine rings is 1. The average Bonchev–Trinajstić information content (AvgIpc) is 3.26. The minimum absolute atomic E-state index is 0.119. The maximum absolute atomic E-state index is 13.7. The number of aryl methyl sites for hydroxylation is 1. The Hall–Kier alpha value is -2.16. The van der Waals surface area contributed by atoms with Crippen LogP contribution < -0.4 is 0 Å². The second-order valence-corrected chi connectivity index (χ2v) is 9.97. The standard InChI is InChI=1S/C23H24F2N2O3S/c1-15-4-2-3-5-20(15)31(29)26-10-8-23(9-11-26)22(28)27-19(6-7-21(27)30-23)16-12-17(24)14-18(25)13-16/h2-5,12-14,19,21H,6-11H2,1H3/t19-,21+,31?/m0/s1. The summed E-state index contributed by atoms with van der Waals surface area (Å²) in [5.41, 5.74) is 0.494. The van der Waals surface area contributed by atoms with E-state index in [-0.39, 0.29) is 18.2 Å². The van der Waals surface area contributed by atoms with Crippen LogP contribution in [0.4, 0.5) is 8.78 Å². The van der Waals surface area contributed by atoms with Gasteiger partial charge in [0, 0.05) is 19.2 Å². The Morgan fingerprint density at radius 3 is 2.42 bits per heavy atom. The maximum atomic E-state index is 13.7. The molecule has 31 heavy (non-hydrogen) atoms. The van der Waals surface area contributed by atoms with Crippen LogP contribution in [0.3, 0.4) is 0 Å². The van der Waals surface area contributed by atoms with E-state index in [4.69, 9.17) is 4.74 Å². The van der Waals surface area contributed by atoms with Crippen LogP contribution in [0.2, 0.25) is 0 Å². The number of ether oxygens (including phenoxy) is 1. The molecule has 5 nitrogen and oxygen atoms in total. The zero-order valence-electron chi connectivity index (χ0n) is 17.2. The molecule has 0 bridgehead atoms. The van der Waals surface area contributed by atoms with E-state index >= 15 is 0 Å². The van der Waals surface area contributed by atoms with Crippen molar-refractivity contribution in [3.8, 4) is 0 Å². The van der Waals surface area contributed by atoms with Crippen molar-refractivity contribution in [3.05, 3.63) is 65.2 Å². The third-order valence-electron chi connectivity index (χ3n) is 6.63. The number of halogens is 2. The van der Waals surface area contributed by atoms with Gasteiger partial charge in [-0.15, -0.1) is 0 Å². The van der Waals surface area contributed by atoms with Gasteiger partial charge >= 0.3 is 0 Å². The SMILES string of the molecule is Cc1ccccc1S(=O)N1CCC2(CC1)O[C@@H]1CC[C@@H](c3cc(F)cc(F)c3)N1C2=O. The zero-order chi connectivity index (χ0) is 21.8. The summed E-state index contributed by atoms with van der Waals surface area (Å²) in [7, 11) is -1.29. The monoisotopic (exact) mass is 446 g/mol. The molecular weight excluding hydrogens is 422 g/mol. The summed E-state index contributed by atoms with van der Waals surface area (Å²) in [6, 6.07) is 10.6. The molecule has 1 amide bonds. The molecule has 8 heteroatoms. The van der Waals surface area contributed by atoms with Crippen molar-refractivity contribution in [2.75, 3.05) is 13.1 Å². The number of nitrogens with zero attached hydrogens (tertiary/aromatic N) is 2. The fourth-order valence-corrected chi connectivity index (χ4v) is 6.38. The summed E-state index contributed by atoms with van der Waals surface area (Å²) in [6.07, 6.45) is 1.76. The van der Waals surface area contributed by atoms with E-state index in [0.29, 0.717) is 44.3 Å². The summed E-state index contributed by atoms with van der Waals surface area (Å²) in [5, 5.41) is 0. The molecule has 3 aliphatic rings. The Morgan fingerprint density at radius 2 is 1.74 bits per heavy atom. The highest BCUT2D eigenvalue weighted by atomic mass is 32.2. The number of carbonyl (C=O) groups excluding carboxylic acids is 1. The Bertz CT molecular complexity index is 1030. The van der Waals surface area contributed by atoms with Crippen molar-refractivity contribution in [1.82, 2.24) is 9.21 Å². The number of amides is 1. The maximum Gasteiger partial charge on any atom is 0.257 e. The van der Waals surface area contributed by atoms with Crippen LogP contribution in [0.15, 0.2) is 47.4 Å². The van der Waals surface area contributed by atoms with Crippen molar-refractivity contribution in [1.29, 1.82) is 0 Å². The van der Waals surface area contributed by atoms with E-state index in [1.165, 1.54) is 12.1 Å². The molecule has 3 saturated heterocycles. The molecular formula is C23H24F2N2O3S. The first kappa shape index (κ1) is 20.7. The predicted octanol–water partition coefficient (Wildman–Crippen LogP) is 3.85. The van der Waals surface area contributed by atoms with Crippen molar-refractivity contribution < 1.29 is 22.5 Å². The average molecular weight is 447 g/mol. The summed E-state index contributed by atoms with van der Waals surface area (Å²) < 4.78 is 48.7. The molecule has 0 saturated carbocycles. The number of hydrogen-bond donors (Lipinski definition) is 0. The second-order valence-electron chi connectivity index (χ2n) is 8.52. The lowest BCUT2D eigenvalue weighted by molar-refractivity contribution is -0.142. The van der Waals surface area contributed by atoms with Gasteiger partial charge in [0.05, 0.1) is 10.9 Å².